The van der Waals surface area contributed by atoms with E-state index in [9.17, 15) is 0 Å². The summed E-state index contributed by atoms with van der Waals surface area (Å²) < 4.78 is 0. The molecule has 3 aromatic rings. The van der Waals surface area contributed by atoms with Crippen molar-refractivity contribution in [3.8, 4) is 0 Å². The summed E-state index contributed by atoms with van der Waals surface area (Å²) in [5.74, 6) is 0. The highest BCUT2D eigenvalue weighted by molar-refractivity contribution is 7.99. The molecule has 2 aromatic carbocycles. The van der Waals surface area contributed by atoms with Crippen LogP contribution in [-0.2, 0) is 0 Å². The Kier molecular flexibility index (Phi) is 2.72. The fraction of sp³-hybridized carbons (Fsp3) is 0.0714. The van der Waals surface area contributed by atoms with Gasteiger partial charge in [-0.1, -0.05) is 29.5 Å². The number of nitrogens with one attached hydrogen (secondary N) is 1. The maximum absolute atomic E-state index is 6.07. The van der Waals surface area contributed by atoms with Crippen LogP contribution in [0.4, 0.5) is 5.69 Å². The molecule has 1 heterocycles. The Morgan fingerprint density at radius 1 is 1.22 bits per heavy atom. The Morgan fingerprint density at radius 2 is 2.11 bits per heavy atom. The van der Waals surface area contributed by atoms with Crippen molar-refractivity contribution in [2.45, 2.75) is 16.7 Å². The molecule has 3 rings (SSSR count). The molecule has 4 heteroatoms. The third-order valence-electron chi connectivity index (χ3n) is 2.79. The summed E-state index contributed by atoms with van der Waals surface area (Å²) in [5.41, 5.74) is 9.12. The Morgan fingerprint density at radius 3 is 2.94 bits per heavy atom. The first-order chi connectivity index (χ1) is 8.72. The standard InChI is InChI=1S/C14H13N3S/c1-9-3-2-4-11(5-9)18-14-7-13-10(6-12(14)15)8-16-17-13/h2-8H,15H2,1H3,(H,16,17). The molecule has 0 bridgehead atoms. The van der Waals surface area contributed by atoms with Gasteiger partial charge < -0.3 is 5.73 Å². The zero-order valence-corrected chi connectivity index (χ0v) is 10.8. The highest BCUT2D eigenvalue weighted by Gasteiger charge is 2.05. The first kappa shape index (κ1) is 11.2. The fourth-order valence-corrected chi connectivity index (χ4v) is 2.88. The van der Waals surface area contributed by atoms with E-state index in [1.54, 1.807) is 18.0 Å². The van der Waals surface area contributed by atoms with Gasteiger partial charge in [-0.3, -0.25) is 5.10 Å². The van der Waals surface area contributed by atoms with Crippen LogP contribution in [0.3, 0.4) is 0 Å². The van der Waals surface area contributed by atoms with Crippen LogP contribution in [0.15, 0.2) is 52.4 Å². The number of hydrogen-bond donors (Lipinski definition) is 2. The molecule has 0 amide bonds. The number of nitrogen functional groups attached to an aromatic ring is 1. The topological polar surface area (TPSA) is 54.7 Å². The number of nitrogens with zero attached hydrogens (tertiary/aromatic N) is 1. The number of hydrogen-bond acceptors (Lipinski definition) is 3. The van der Waals surface area contributed by atoms with Gasteiger partial charge in [0, 0.05) is 20.9 Å². The maximum atomic E-state index is 6.07. The van der Waals surface area contributed by atoms with Crippen LogP contribution in [0.1, 0.15) is 5.56 Å². The molecule has 0 radical (unpaired) electrons. The van der Waals surface area contributed by atoms with E-state index in [1.807, 2.05) is 12.1 Å². The first-order valence-corrected chi connectivity index (χ1v) is 6.51. The molecule has 0 fully saturated rings. The van der Waals surface area contributed by atoms with Crippen LogP contribution in [0.25, 0.3) is 10.9 Å². The minimum absolute atomic E-state index is 0.787. The molecule has 0 aliphatic rings. The van der Waals surface area contributed by atoms with E-state index in [-0.39, 0.29) is 0 Å². The average molecular weight is 255 g/mol. The monoisotopic (exact) mass is 255 g/mol. The average Bonchev–Trinajstić information content (AvgIpc) is 2.76. The minimum Gasteiger partial charge on any atom is -0.398 e. The van der Waals surface area contributed by atoms with E-state index in [4.69, 9.17) is 5.73 Å². The zero-order valence-electron chi connectivity index (χ0n) is 9.97. The molecule has 1 aromatic heterocycles. The van der Waals surface area contributed by atoms with Crippen molar-refractivity contribution in [1.82, 2.24) is 10.2 Å². The predicted octanol–water partition coefficient (Wildman–Crippen LogP) is 3.60. The fourth-order valence-electron chi connectivity index (χ4n) is 1.88. The lowest BCUT2D eigenvalue weighted by molar-refractivity contribution is 1.12. The largest absolute Gasteiger partial charge is 0.398 e. The third kappa shape index (κ3) is 2.07. The molecule has 0 saturated heterocycles. The van der Waals surface area contributed by atoms with Crippen LogP contribution in [0.5, 0.6) is 0 Å². The lowest BCUT2D eigenvalue weighted by Gasteiger charge is -2.06. The van der Waals surface area contributed by atoms with Gasteiger partial charge in [-0.05, 0) is 31.2 Å². The maximum Gasteiger partial charge on any atom is 0.0663 e. The molecule has 0 aliphatic carbocycles. The van der Waals surface area contributed by atoms with Gasteiger partial charge in [0.05, 0.1) is 11.7 Å². The molecule has 90 valence electrons. The Bertz CT molecular complexity index is 703. The van der Waals surface area contributed by atoms with E-state index < -0.39 is 0 Å². The Balaban J connectivity index is 2.01. The van der Waals surface area contributed by atoms with Crippen molar-refractivity contribution in [1.29, 1.82) is 0 Å². The number of aromatic nitrogens is 2. The first-order valence-electron chi connectivity index (χ1n) is 5.69. The van der Waals surface area contributed by atoms with E-state index in [1.165, 1.54) is 10.5 Å². The number of anilines is 1. The molecule has 0 atom stereocenters. The molecule has 0 aliphatic heterocycles. The van der Waals surface area contributed by atoms with Gasteiger partial charge in [-0.2, -0.15) is 5.10 Å². The number of aromatic amines is 1. The van der Waals surface area contributed by atoms with Gasteiger partial charge in [-0.15, -0.1) is 0 Å². The van der Waals surface area contributed by atoms with Crippen LogP contribution >= 0.6 is 11.8 Å². The molecule has 0 spiro atoms. The van der Waals surface area contributed by atoms with Crippen molar-refractivity contribution >= 4 is 28.4 Å². The Labute approximate surface area is 109 Å². The molecule has 0 saturated carbocycles. The van der Waals surface area contributed by atoms with E-state index in [0.29, 0.717) is 0 Å². The minimum atomic E-state index is 0.787. The number of rotatable bonds is 2. The molecular formula is C14H13N3S. The van der Waals surface area contributed by atoms with Gasteiger partial charge in [-0.25, -0.2) is 0 Å². The number of benzene rings is 2. The summed E-state index contributed by atoms with van der Waals surface area (Å²) in [6.07, 6.45) is 1.78. The van der Waals surface area contributed by atoms with Crippen molar-refractivity contribution in [2.75, 3.05) is 5.73 Å². The molecule has 0 unspecified atom stereocenters. The van der Waals surface area contributed by atoms with Crippen molar-refractivity contribution in [3.63, 3.8) is 0 Å². The lowest BCUT2D eigenvalue weighted by Crippen LogP contribution is -1.88. The highest BCUT2D eigenvalue weighted by Crippen LogP contribution is 2.34. The zero-order chi connectivity index (χ0) is 12.5. The number of aryl methyl sites for hydroxylation is 1. The van der Waals surface area contributed by atoms with E-state index in [2.05, 4.69) is 41.4 Å². The van der Waals surface area contributed by atoms with Crippen LogP contribution in [-0.4, -0.2) is 10.2 Å². The molecule has 3 nitrogen and oxygen atoms in total. The summed E-state index contributed by atoms with van der Waals surface area (Å²) in [6.45, 7) is 2.09. The number of nitrogens with two attached hydrogens (primary N) is 1. The predicted molar refractivity (Wildman–Crippen MR) is 75.8 cm³/mol. The van der Waals surface area contributed by atoms with Crippen molar-refractivity contribution in [3.05, 3.63) is 48.2 Å². The smallest absolute Gasteiger partial charge is 0.0663 e. The summed E-state index contributed by atoms with van der Waals surface area (Å²) in [7, 11) is 0. The lowest BCUT2D eigenvalue weighted by atomic mass is 10.2. The SMILES string of the molecule is Cc1cccc(Sc2cc3[nH]ncc3cc2N)c1. The van der Waals surface area contributed by atoms with E-state index >= 15 is 0 Å². The van der Waals surface area contributed by atoms with Crippen LogP contribution < -0.4 is 5.73 Å². The highest BCUT2D eigenvalue weighted by atomic mass is 32.2. The van der Waals surface area contributed by atoms with Crippen LogP contribution in [0.2, 0.25) is 0 Å². The number of fused-ring (bicyclic) bond motifs is 1. The normalized spacial score (nSPS) is 10.9. The quantitative estimate of drug-likeness (QED) is 0.688. The van der Waals surface area contributed by atoms with Gasteiger partial charge >= 0.3 is 0 Å². The summed E-state index contributed by atoms with van der Waals surface area (Å²) >= 11 is 1.67. The Hall–Kier alpha value is -1.94. The van der Waals surface area contributed by atoms with Crippen molar-refractivity contribution in [2.24, 2.45) is 0 Å². The number of H-pyrrole nitrogens is 1. The second-order valence-electron chi connectivity index (χ2n) is 4.27. The van der Waals surface area contributed by atoms with Gasteiger partial charge in [0.15, 0.2) is 0 Å². The summed E-state index contributed by atoms with van der Waals surface area (Å²) in [5, 5.41) is 8.02. The summed E-state index contributed by atoms with van der Waals surface area (Å²) in [6, 6.07) is 12.4. The molecule has 3 N–H and O–H groups in total. The van der Waals surface area contributed by atoms with Crippen molar-refractivity contribution < 1.29 is 0 Å². The van der Waals surface area contributed by atoms with Gasteiger partial charge in [0.25, 0.3) is 0 Å². The van der Waals surface area contributed by atoms with Gasteiger partial charge in [0.1, 0.15) is 0 Å². The van der Waals surface area contributed by atoms with Gasteiger partial charge in [0.2, 0.25) is 0 Å². The van der Waals surface area contributed by atoms with Crippen LogP contribution in [0, 0.1) is 6.92 Å². The van der Waals surface area contributed by atoms with E-state index in [0.717, 1.165) is 21.5 Å². The third-order valence-corrected chi connectivity index (χ3v) is 3.85. The summed E-state index contributed by atoms with van der Waals surface area (Å²) in [4.78, 5) is 2.25. The second kappa shape index (κ2) is 4.38. The second-order valence-corrected chi connectivity index (χ2v) is 5.38. The molecular weight excluding hydrogens is 242 g/mol. The molecule has 18 heavy (non-hydrogen) atoms.